The minimum absolute atomic E-state index is 0.0488. The Kier molecular flexibility index (Phi) is 2.54. The van der Waals surface area contributed by atoms with E-state index in [0.29, 0.717) is 11.8 Å². The van der Waals surface area contributed by atoms with E-state index in [1.54, 1.807) is 0 Å². The maximum absolute atomic E-state index is 10.5. The van der Waals surface area contributed by atoms with Crippen molar-refractivity contribution in [2.75, 3.05) is 13.2 Å². The summed E-state index contributed by atoms with van der Waals surface area (Å²) in [7, 11) is 0. The third kappa shape index (κ3) is 2.02. The Balaban J connectivity index is 1.66. The van der Waals surface area contributed by atoms with Gasteiger partial charge in [0.1, 0.15) is 0 Å². The molecule has 0 spiro atoms. The van der Waals surface area contributed by atoms with Crippen molar-refractivity contribution in [3.8, 4) is 0 Å². The lowest BCUT2D eigenvalue weighted by Crippen LogP contribution is -2.31. The summed E-state index contributed by atoms with van der Waals surface area (Å²) < 4.78 is 5.28. The van der Waals surface area contributed by atoms with Crippen molar-refractivity contribution in [3.05, 3.63) is 0 Å². The first-order chi connectivity index (χ1) is 6.25. The van der Waals surface area contributed by atoms with E-state index < -0.39 is 5.97 Å². The van der Waals surface area contributed by atoms with Crippen LogP contribution in [0.4, 0.5) is 0 Å². The van der Waals surface area contributed by atoms with Gasteiger partial charge in [0.15, 0.2) is 0 Å². The van der Waals surface area contributed by atoms with E-state index in [-0.39, 0.29) is 5.92 Å². The molecule has 0 aromatic rings. The monoisotopic (exact) mass is 184 g/mol. The number of hydrogen-bond acceptors (Lipinski definition) is 2. The highest BCUT2D eigenvalue weighted by Crippen LogP contribution is 2.39. The van der Waals surface area contributed by atoms with Crippen LogP contribution >= 0.6 is 0 Å². The van der Waals surface area contributed by atoms with Crippen molar-refractivity contribution in [2.24, 2.45) is 17.8 Å². The fraction of sp³-hybridized carbons (Fsp3) is 0.900. The van der Waals surface area contributed by atoms with Crippen LogP contribution in [0.2, 0.25) is 0 Å². The molecule has 0 aromatic heterocycles. The second-order valence-corrected chi connectivity index (χ2v) is 4.34. The lowest BCUT2D eigenvalue weighted by Gasteiger charge is -2.33. The van der Waals surface area contributed by atoms with Gasteiger partial charge in [0, 0.05) is 13.2 Å². The third-order valence-corrected chi connectivity index (χ3v) is 3.28. The van der Waals surface area contributed by atoms with Crippen LogP contribution in [0, 0.1) is 17.8 Å². The summed E-state index contributed by atoms with van der Waals surface area (Å²) in [4.78, 5) is 10.5. The molecule has 1 aliphatic carbocycles. The summed E-state index contributed by atoms with van der Waals surface area (Å²) in [5, 5.41) is 8.69. The summed E-state index contributed by atoms with van der Waals surface area (Å²) in [6.07, 6.45) is 4.15. The number of carboxylic acids is 1. The SMILES string of the molecule is O=C(O)C1CC(CC2CCOC2)C1. The van der Waals surface area contributed by atoms with E-state index in [0.717, 1.165) is 26.1 Å². The average molecular weight is 184 g/mol. The lowest BCUT2D eigenvalue weighted by atomic mass is 9.71. The molecule has 1 atom stereocenters. The lowest BCUT2D eigenvalue weighted by molar-refractivity contribution is -0.146. The highest BCUT2D eigenvalue weighted by molar-refractivity contribution is 5.71. The summed E-state index contributed by atoms with van der Waals surface area (Å²) in [6, 6.07) is 0. The van der Waals surface area contributed by atoms with Gasteiger partial charge in [-0.2, -0.15) is 0 Å². The van der Waals surface area contributed by atoms with E-state index in [9.17, 15) is 4.79 Å². The van der Waals surface area contributed by atoms with Crippen LogP contribution in [0.1, 0.15) is 25.7 Å². The minimum atomic E-state index is -0.612. The molecule has 1 aliphatic heterocycles. The molecule has 0 bridgehead atoms. The Bertz CT molecular complexity index is 190. The Hall–Kier alpha value is -0.570. The Morgan fingerprint density at radius 3 is 2.69 bits per heavy atom. The summed E-state index contributed by atoms with van der Waals surface area (Å²) >= 11 is 0. The van der Waals surface area contributed by atoms with Gasteiger partial charge in [0.05, 0.1) is 5.92 Å². The smallest absolute Gasteiger partial charge is 0.306 e. The van der Waals surface area contributed by atoms with Gasteiger partial charge < -0.3 is 9.84 Å². The topological polar surface area (TPSA) is 46.5 Å². The zero-order valence-corrected chi connectivity index (χ0v) is 7.74. The Morgan fingerprint density at radius 1 is 1.38 bits per heavy atom. The molecule has 3 heteroatoms. The van der Waals surface area contributed by atoms with Crippen molar-refractivity contribution in [3.63, 3.8) is 0 Å². The molecule has 0 amide bonds. The number of aliphatic carboxylic acids is 1. The van der Waals surface area contributed by atoms with Crippen molar-refractivity contribution in [2.45, 2.75) is 25.7 Å². The van der Waals surface area contributed by atoms with Crippen LogP contribution in [0.5, 0.6) is 0 Å². The van der Waals surface area contributed by atoms with Gasteiger partial charge >= 0.3 is 5.97 Å². The number of rotatable bonds is 3. The normalized spacial score (nSPS) is 38.6. The predicted molar refractivity (Wildman–Crippen MR) is 47.4 cm³/mol. The molecule has 1 saturated carbocycles. The maximum Gasteiger partial charge on any atom is 0.306 e. The molecule has 2 aliphatic rings. The first kappa shape index (κ1) is 9.00. The maximum atomic E-state index is 10.5. The first-order valence-electron chi connectivity index (χ1n) is 5.06. The number of carboxylic acid groups (broad SMARTS) is 1. The molecule has 2 fully saturated rings. The molecular weight excluding hydrogens is 168 g/mol. The molecule has 2 rings (SSSR count). The van der Waals surface area contributed by atoms with Gasteiger partial charge in [0.25, 0.3) is 0 Å². The van der Waals surface area contributed by atoms with Crippen LogP contribution in [0.15, 0.2) is 0 Å². The number of carbonyl (C=O) groups is 1. The van der Waals surface area contributed by atoms with E-state index >= 15 is 0 Å². The van der Waals surface area contributed by atoms with Crippen molar-refractivity contribution < 1.29 is 14.6 Å². The molecule has 1 N–H and O–H groups in total. The molecule has 74 valence electrons. The quantitative estimate of drug-likeness (QED) is 0.723. The zero-order valence-electron chi connectivity index (χ0n) is 7.74. The van der Waals surface area contributed by atoms with Gasteiger partial charge in [-0.3, -0.25) is 4.79 Å². The van der Waals surface area contributed by atoms with E-state index in [4.69, 9.17) is 9.84 Å². The van der Waals surface area contributed by atoms with E-state index in [1.165, 1.54) is 12.8 Å². The van der Waals surface area contributed by atoms with Gasteiger partial charge in [-0.15, -0.1) is 0 Å². The van der Waals surface area contributed by atoms with Crippen LogP contribution in [-0.2, 0) is 9.53 Å². The van der Waals surface area contributed by atoms with Gasteiger partial charge in [0.2, 0.25) is 0 Å². The standard InChI is InChI=1S/C10H16O3/c11-10(12)9-4-8(5-9)3-7-1-2-13-6-7/h7-9H,1-6H2,(H,11,12). The van der Waals surface area contributed by atoms with Gasteiger partial charge in [-0.1, -0.05) is 0 Å². The van der Waals surface area contributed by atoms with Crippen LogP contribution in [0.25, 0.3) is 0 Å². The Morgan fingerprint density at radius 2 is 2.15 bits per heavy atom. The van der Waals surface area contributed by atoms with Crippen LogP contribution in [0.3, 0.4) is 0 Å². The second-order valence-electron chi connectivity index (χ2n) is 4.34. The number of ether oxygens (including phenoxy) is 1. The fourth-order valence-corrected chi connectivity index (χ4v) is 2.37. The molecular formula is C10H16O3. The predicted octanol–water partition coefficient (Wildman–Crippen LogP) is 1.52. The highest BCUT2D eigenvalue weighted by atomic mass is 16.5. The minimum Gasteiger partial charge on any atom is -0.481 e. The first-order valence-corrected chi connectivity index (χ1v) is 5.06. The fourth-order valence-electron chi connectivity index (χ4n) is 2.37. The molecule has 1 unspecified atom stereocenters. The van der Waals surface area contributed by atoms with Crippen LogP contribution in [-0.4, -0.2) is 24.3 Å². The van der Waals surface area contributed by atoms with Crippen molar-refractivity contribution in [1.82, 2.24) is 0 Å². The summed E-state index contributed by atoms with van der Waals surface area (Å²) in [5.41, 5.74) is 0. The van der Waals surface area contributed by atoms with Crippen LogP contribution < -0.4 is 0 Å². The highest BCUT2D eigenvalue weighted by Gasteiger charge is 2.35. The molecule has 1 saturated heterocycles. The van der Waals surface area contributed by atoms with Gasteiger partial charge in [-0.25, -0.2) is 0 Å². The average Bonchev–Trinajstić information content (AvgIpc) is 2.46. The summed E-state index contributed by atoms with van der Waals surface area (Å²) in [5.74, 6) is 0.707. The Labute approximate surface area is 78.1 Å². The van der Waals surface area contributed by atoms with E-state index in [2.05, 4.69) is 0 Å². The molecule has 3 nitrogen and oxygen atoms in total. The molecule has 0 aromatic carbocycles. The third-order valence-electron chi connectivity index (χ3n) is 3.28. The number of hydrogen-bond donors (Lipinski definition) is 1. The molecule has 13 heavy (non-hydrogen) atoms. The zero-order chi connectivity index (χ0) is 9.26. The largest absolute Gasteiger partial charge is 0.481 e. The summed E-state index contributed by atoms with van der Waals surface area (Å²) in [6.45, 7) is 1.80. The van der Waals surface area contributed by atoms with Crippen molar-refractivity contribution in [1.29, 1.82) is 0 Å². The van der Waals surface area contributed by atoms with Gasteiger partial charge in [-0.05, 0) is 37.5 Å². The molecule has 0 radical (unpaired) electrons. The molecule has 1 heterocycles. The van der Waals surface area contributed by atoms with Crippen molar-refractivity contribution >= 4 is 5.97 Å². The second kappa shape index (κ2) is 3.66. The van der Waals surface area contributed by atoms with E-state index in [1.807, 2.05) is 0 Å².